The van der Waals surface area contributed by atoms with E-state index < -0.39 is 12.1 Å². The van der Waals surface area contributed by atoms with Gasteiger partial charge in [-0.15, -0.1) is 0 Å². The van der Waals surface area contributed by atoms with Crippen molar-refractivity contribution in [2.75, 3.05) is 13.2 Å². The van der Waals surface area contributed by atoms with Crippen LogP contribution in [0.15, 0.2) is 12.2 Å². The first-order valence-corrected chi connectivity index (χ1v) is 24.0. The van der Waals surface area contributed by atoms with Crippen LogP contribution in [0.2, 0.25) is 0 Å². The van der Waals surface area contributed by atoms with Crippen LogP contribution in [0.25, 0.3) is 0 Å². The Hall–Kier alpha value is -1.40. The summed E-state index contributed by atoms with van der Waals surface area (Å²) in [5.74, 6) is -0.122. The molecule has 0 aliphatic heterocycles. The lowest BCUT2D eigenvalue weighted by Crippen LogP contribution is -2.45. The van der Waals surface area contributed by atoms with Gasteiger partial charge in [0.2, 0.25) is 5.91 Å². The number of unbranched alkanes of at least 4 members (excludes halogenated alkanes) is 33. The van der Waals surface area contributed by atoms with Gasteiger partial charge in [-0.25, -0.2) is 0 Å². The average Bonchev–Trinajstić information content (AvgIpc) is 3.17. The molecule has 320 valence electrons. The molecule has 0 aliphatic carbocycles. The summed E-state index contributed by atoms with van der Waals surface area (Å²) in [7, 11) is 0. The van der Waals surface area contributed by atoms with Crippen molar-refractivity contribution < 1.29 is 24.5 Å². The smallest absolute Gasteiger partial charge is 0.305 e. The van der Waals surface area contributed by atoms with E-state index in [1.165, 1.54) is 173 Å². The maximum Gasteiger partial charge on any atom is 0.305 e. The van der Waals surface area contributed by atoms with Crippen LogP contribution in [-0.4, -0.2) is 47.4 Å². The molecule has 54 heavy (non-hydrogen) atoms. The molecule has 0 aliphatic rings. The van der Waals surface area contributed by atoms with Gasteiger partial charge in [0.15, 0.2) is 0 Å². The molecule has 1 amide bonds. The number of hydrogen-bond donors (Lipinski definition) is 3. The fraction of sp³-hybridized carbons (Fsp3) is 0.917. The number of carbonyl (C=O) groups excluding carboxylic acids is 2. The van der Waals surface area contributed by atoms with Gasteiger partial charge in [0.25, 0.3) is 0 Å². The standard InChI is InChI=1S/C48H93NO5/c1-3-5-7-9-11-13-15-16-17-18-19-20-22-24-28-32-36-40-46(51)45(44-50)49-47(52)41-37-33-29-25-23-27-31-35-39-43-54-48(53)42-38-34-30-26-21-14-12-10-8-6-4-2/h36,40,45-46,50-51H,3-35,37-39,41-44H2,1-2H3,(H,49,52)/b40-36+. The number of ether oxygens (including phenoxy) is 1. The molecular weight excluding hydrogens is 671 g/mol. The van der Waals surface area contributed by atoms with Crippen molar-refractivity contribution >= 4 is 11.9 Å². The van der Waals surface area contributed by atoms with Crippen LogP contribution < -0.4 is 5.32 Å². The molecule has 0 fully saturated rings. The molecule has 2 unspecified atom stereocenters. The highest BCUT2D eigenvalue weighted by molar-refractivity contribution is 5.76. The van der Waals surface area contributed by atoms with E-state index in [1.807, 2.05) is 6.08 Å². The maximum atomic E-state index is 12.4. The van der Waals surface area contributed by atoms with Gasteiger partial charge in [-0.1, -0.05) is 225 Å². The van der Waals surface area contributed by atoms with Gasteiger partial charge in [-0.05, 0) is 32.1 Å². The fourth-order valence-electron chi connectivity index (χ4n) is 7.34. The maximum absolute atomic E-state index is 12.4. The van der Waals surface area contributed by atoms with Crippen molar-refractivity contribution in [3.8, 4) is 0 Å². The third-order valence-electron chi connectivity index (χ3n) is 11.1. The Kier molecular flexibility index (Phi) is 43.2. The predicted molar refractivity (Wildman–Crippen MR) is 232 cm³/mol. The Balaban J connectivity index is 3.54. The minimum atomic E-state index is -0.860. The van der Waals surface area contributed by atoms with Crippen molar-refractivity contribution in [3.63, 3.8) is 0 Å². The van der Waals surface area contributed by atoms with E-state index in [4.69, 9.17) is 4.74 Å². The summed E-state index contributed by atoms with van der Waals surface area (Å²) in [6, 6.07) is -0.646. The lowest BCUT2D eigenvalue weighted by molar-refractivity contribution is -0.143. The molecule has 0 radical (unpaired) electrons. The predicted octanol–water partition coefficient (Wildman–Crippen LogP) is 13.8. The lowest BCUT2D eigenvalue weighted by atomic mass is 10.0. The Bertz CT molecular complexity index is 802. The molecule has 2 atom stereocenters. The summed E-state index contributed by atoms with van der Waals surface area (Å²) in [6.07, 6.45) is 49.1. The monoisotopic (exact) mass is 764 g/mol. The minimum Gasteiger partial charge on any atom is -0.466 e. The SMILES string of the molecule is CCCCCCCCCCCCCCCCC/C=C/C(O)C(CO)NC(=O)CCCCCCCCCCCOC(=O)CCCCCCCCCCCCC. The zero-order valence-corrected chi connectivity index (χ0v) is 36.2. The molecule has 3 N–H and O–H groups in total. The van der Waals surface area contributed by atoms with Crippen molar-refractivity contribution in [1.82, 2.24) is 5.32 Å². The van der Waals surface area contributed by atoms with E-state index in [0.29, 0.717) is 19.4 Å². The molecule has 0 bridgehead atoms. The number of rotatable bonds is 44. The fourth-order valence-corrected chi connectivity index (χ4v) is 7.34. The summed E-state index contributed by atoms with van der Waals surface area (Å²) in [5, 5.41) is 23.0. The zero-order chi connectivity index (χ0) is 39.4. The van der Waals surface area contributed by atoms with Crippen molar-refractivity contribution in [2.24, 2.45) is 0 Å². The van der Waals surface area contributed by atoms with Crippen LogP contribution in [0, 0.1) is 0 Å². The average molecular weight is 764 g/mol. The van der Waals surface area contributed by atoms with Crippen molar-refractivity contribution in [1.29, 1.82) is 0 Å². The number of allylic oxidation sites excluding steroid dienone is 1. The van der Waals surface area contributed by atoms with Gasteiger partial charge in [-0.2, -0.15) is 0 Å². The van der Waals surface area contributed by atoms with Crippen molar-refractivity contribution in [2.45, 2.75) is 270 Å². The van der Waals surface area contributed by atoms with Gasteiger partial charge in [0, 0.05) is 12.8 Å². The van der Waals surface area contributed by atoms with Crippen LogP contribution in [-0.2, 0) is 14.3 Å². The Morgan fingerprint density at radius 2 is 0.852 bits per heavy atom. The first-order chi connectivity index (χ1) is 26.5. The molecule has 0 aromatic carbocycles. The number of hydrogen-bond acceptors (Lipinski definition) is 5. The molecule has 0 saturated heterocycles. The second kappa shape index (κ2) is 44.3. The first-order valence-electron chi connectivity index (χ1n) is 24.0. The third kappa shape index (κ3) is 40.3. The summed E-state index contributed by atoms with van der Waals surface area (Å²) < 4.78 is 5.43. The Morgan fingerprint density at radius 1 is 0.500 bits per heavy atom. The van der Waals surface area contributed by atoms with Gasteiger partial charge in [0.05, 0.1) is 25.4 Å². The molecular formula is C48H93NO5. The van der Waals surface area contributed by atoms with Crippen molar-refractivity contribution in [3.05, 3.63) is 12.2 Å². The van der Waals surface area contributed by atoms with Gasteiger partial charge >= 0.3 is 5.97 Å². The third-order valence-corrected chi connectivity index (χ3v) is 11.1. The number of aliphatic hydroxyl groups excluding tert-OH is 2. The first kappa shape index (κ1) is 52.6. The Labute approximate surface area is 336 Å². The quantitative estimate of drug-likeness (QED) is 0.0326. The summed E-state index contributed by atoms with van der Waals surface area (Å²) in [5.41, 5.74) is 0. The van der Waals surface area contributed by atoms with E-state index in [2.05, 4.69) is 19.2 Å². The number of esters is 1. The number of carbonyl (C=O) groups is 2. The van der Waals surface area contributed by atoms with Gasteiger partial charge in [-0.3, -0.25) is 9.59 Å². The number of aliphatic hydroxyl groups is 2. The second-order valence-corrected chi connectivity index (χ2v) is 16.5. The molecule has 6 heteroatoms. The zero-order valence-electron chi connectivity index (χ0n) is 36.2. The molecule has 0 aromatic heterocycles. The largest absolute Gasteiger partial charge is 0.466 e. The Morgan fingerprint density at radius 3 is 1.26 bits per heavy atom. The van der Waals surface area contributed by atoms with Crippen LogP contribution in [0.1, 0.15) is 258 Å². The minimum absolute atomic E-state index is 0.0276. The van der Waals surface area contributed by atoms with Crippen LogP contribution >= 0.6 is 0 Å². The number of nitrogens with one attached hydrogen (secondary N) is 1. The highest BCUT2D eigenvalue weighted by atomic mass is 16.5. The topological polar surface area (TPSA) is 95.9 Å². The van der Waals surface area contributed by atoms with E-state index in [1.54, 1.807) is 6.08 Å². The molecule has 0 spiro atoms. The normalized spacial score (nSPS) is 12.7. The lowest BCUT2D eigenvalue weighted by Gasteiger charge is -2.20. The van der Waals surface area contributed by atoms with Gasteiger partial charge < -0.3 is 20.3 Å². The summed E-state index contributed by atoms with van der Waals surface area (Å²) in [4.78, 5) is 24.4. The number of amides is 1. The van der Waals surface area contributed by atoms with Crippen LogP contribution in [0.5, 0.6) is 0 Å². The summed E-state index contributed by atoms with van der Waals surface area (Å²) in [6.45, 7) is 4.83. The molecule has 0 heterocycles. The van der Waals surface area contributed by atoms with E-state index in [-0.39, 0.29) is 18.5 Å². The molecule has 6 nitrogen and oxygen atoms in total. The van der Waals surface area contributed by atoms with Gasteiger partial charge in [0.1, 0.15) is 0 Å². The molecule has 0 rings (SSSR count). The highest BCUT2D eigenvalue weighted by Crippen LogP contribution is 2.16. The molecule has 0 saturated carbocycles. The molecule has 0 aromatic rings. The van der Waals surface area contributed by atoms with E-state index in [9.17, 15) is 19.8 Å². The van der Waals surface area contributed by atoms with E-state index >= 15 is 0 Å². The van der Waals surface area contributed by atoms with Crippen LogP contribution in [0.3, 0.4) is 0 Å². The van der Waals surface area contributed by atoms with Crippen LogP contribution in [0.4, 0.5) is 0 Å². The second-order valence-electron chi connectivity index (χ2n) is 16.5. The highest BCUT2D eigenvalue weighted by Gasteiger charge is 2.18. The van der Waals surface area contributed by atoms with E-state index in [0.717, 1.165) is 57.8 Å². The summed E-state index contributed by atoms with van der Waals surface area (Å²) >= 11 is 0.